The molecule has 198 valence electrons. The number of carbonyl (C=O) groups is 1. The molecule has 0 unspecified atom stereocenters. The molecule has 1 aliphatic heterocycles. The fraction of sp³-hybridized carbons (Fsp3) is 0.464. The van der Waals surface area contributed by atoms with Crippen molar-refractivity contribution >= 4 is 28.6 Å². The van der Waals surface area contributed by atoms with Gasteiger partial charge in [-0.3, -0.25) is 9.78 Å². The zero-order chi connectivity index (χ0) is 26.2. The predicted molar refractivity (Wildman–Crippen MR) is 142 cm³/mol. The molecule has 3 heterocycles. The molecule has 3 atom stereocenters. The lowest BCUT2D eigenvalue weighted by atomic mass is 9.79. The number of hydrogen-bond acceptors (Lipinski definition) is 7. The smallest absolute Gasteiger partial charge is 0.303 e. The van der Waals surface area contributed by atoms with Crippen LogP contribution in [-0.4, -0.2) is 63.5 Å². The number of rotatable bonds is 12. The number of fused-ring (bicyclic) bond motifs is 1. The number of piperidine rings is 1. The number of aromatic nitrogens is 2. The van der Waals surface area contributed by atoms with Crippen LogP contribution < -0.4 is 4.74 Å². The molecule has 1 fully saturated rings. The summed E-state index contributed by atoms with van der Waals surface area (Å²) in [5.41, 5.74) is 1.63. The van der Waals surface area contributed by atoms with Gasteiger partial charge in [-0.2, -0.15) is 4.39 Å². The molecule has 1 saturated heterocycles. The highest BCUT2D eigenvalue weighted by molar-refractivity contribution is 7.99. The second kappa shape index (κ2) is 13.2. The Hall–Kier alpha value is -2.75. The quantitative estimate of drug-likeness (QED) is 0.189. The highest BCUT2D eigenvalue weighted by atomic mass is 32.2. The van der Waals surface area contributed by atoms with Crippen LogP contribution in [0.4, 0.5) is 4.39 Å². The number of likely N-dealkylation sites (tertiary alicyclic amines) is 1. The van der Waals surface area contributed by atoms with E-state index < -0.39 is 18.0 Å². The average Bonchev–Trinajstić information content (AvgIpc) is 2.89. The molecule has 0 amide bonds. The van der Waals surface area contributed by atoms with Gasteiger partial charge in [0, 0.05) is 30.3 Å². The third-order valence-electron chi connectivity index (χ3n) is 7.12. The van der Waals surface area contributed by atoms with E-state index in [-0.39, 0.29) is 18.3 Å². The Morgan fingerprint density at radius 3 is 2.92 bits per heavy atom. The third kappa shape index (κ3) is 7.63. The molecule has 4 rings (SSSR count). The van der Waals surface area contributed by atoms with Gasteiger partial charge in [-0.05, 0) is 92.6 Å². The van der Waals surface area contributed by atoms with Gasteiger partial charge in [0.15, 0.2) is 0 Å². The molecule has 2 N–H and O–H groups in total. The first kappa shape index (κ1) is 27.3. The SMILES string of the molecule is COc1ccc2nccc([C@@H](O)CC[C@@H]3CCN(CCCSc4cccc(F)n4)C[C@@H]3CC(=O)O)c2c1. The van der Waals surface area contributed by atoms with Crippen molar-refractivity contribution in [2.24, 2.45) is 11.8 Å². The van der Waals surface area contributed by atoms with Crippen molar-refractivity contribution in [1.82, 2.24) is 14.9 Å². The fourth-order valence-corrected chi connectivity index (χ4v) is 6.03. The molecule has 2 aromatic heterocycles. The van der Waals surface area contributed by atoms with Crippen LogP contribution in [0.2, 0.25) is 0 Å². The predicted octanol–water partition coefficient (Wildman–Crippen LogP) is 5.19. The molecule has 1 aromatic carbocycles. The van der Waals surface area contributed by atoms with Gasteiger partial charge < -0.3 is 19.8 Å². The Morgan fingerprint density at radius 1 is 1.27 bits per heavy atom. The summed E-state index contributed by atoms with van der Waals surface area (Å²) in [6, 6.07) is 12.3. The van der Waals surface area contributed by atoms with Crippen LogP contribution >= 0.6 is 11.8 Å². The lowest BCUT2D eigenvalue weighted by Gasteiger charge is -2.38. The van der Waals surface area contributed by atoms with E-state index >= 15 is 0 Å². The van der Waals surface area contributed by atoms with Crippen molar-refractivity contribution in [3.63, 3.8) is 0 Å². The maximum atomic E-state index is 13.3. The van der Waals surface area contributed by atoms with Gasteiger partial charge in [0.05, 0.1) is 23.8 Å². The van der Waals surface area contributed by atoms with Crippen LogP contribution in [0.25, 0.3) is 10.9 Å². The average molecular weight is 528 g/mol. The van der Waals surface area contributed by atoms with Crippen LogP contribution in [0.5, 0.6) is 5.75 Å². The molecule has 0 aliphatic carbocycles. The molecule has 1 aliphatic rings. The normalized spacial score (nSPS) is 19.1. The minimum Gasteiger partial charge on any atom is -0.497 e. The number of carboxylic acids is 1. The number of carboxylic acid groups (broad SMARTS) is 1. The van der Waals surface area contributed by atoms with Gasteiger partial charge >= 0.3 is 5.97 Å². The number of aliphatic carboxylic acids is 1. The number of benzene rings is 1. The van der Waals surface area contributed by atoms with Gasteiger partial charge in [0.25, 0.3) is 0 Å². The van der Waals surface area contributed by atoms with E-state index in [4.69, 9.17) is 4.74 Å². The van der Waals surface area contributed by atoms with Crippen molar-refractivity contribution < 1.29 is 24.1 Å². The molecule has 37 heavy (non-hydrogen) atoms. The van der Waals surface area contributed by atoms with Crippen LogP contribution in [0.15, 0.2) is 53.7 Å². The van der Waals surface area contributed by atoms with E-state index in [1.165, 1.54) is 17.8 Å². The van der Waals surface area contributed by atoms with Crippen LogP contribution in [0.1, 0.15) is 43.8 Å². The fourth-order valence-electron chi connectivity index (χ4n) is 5.22. The van der Waals surface area contributed by atoms with E-state index in [0.717, 1.165) is 61.1 Å². The molecule has 7 nitrogen and oxygen atoms in total. The number of methoxy groups -OCH3 is 1. The maximum Gasteiger partial charge on any atom is 0.303 e. The van der Waals surface area contributed by atoms with Crippen molar-refractivity contribution in [3.05, 3.63) is 60.2 Å². The summed E-state index contributed by atoms with van der Waals surface area (Å²) in [6.45, 7) is 2.53. The summed E-state index contributed by atoms with van der Waals surface area (Å²) in [5, 5.41) is 22.1. The van der Waals surface area contributed by atoms with E-state index in [9.17, 15) is 19.4 Å². The minimum atomic E-state index is -0.780. The van der Waals surface area contributed by atoms with Crippen molar-refractivity contribution in [2.75, 3.05) is 32.5 Å². The van der Waals surface area contributed by atoms with Gasteiger partial charge in [-0.15, -0.1) is 11.8 Å². The number of hydrogen-bond donors (Lipinski definition) is 2. The lowest BCUT2D eigenvalue weighted by Crippen LogP contribution is -2.42. The molecule has 0 saturated carbocycles. The molecular weight excluding hydrogens is 493 g/mol. The largest absolute Gasteiger partial charge is 0.497 e. The zero-order valence-electron chi connectivity index (χ0n) is 21.1. The number of nitrogens with zero attached hydrogens (tertiary/aromatic N) is 3. The molecule has 9 heteroatoms. The monoisotopic (exact) mass is 527 g/mol. The standard InChI is InChI=1S/C28H34FN3O4S/c1-36-21-7-8-24-23(17-21)22(10-12-30-24)25(33)9-6-19-11-14-32(18-20(19)16-28(34)35)13-3-15-37-27-5-2-4-26(29)31-27/h2,4-5,7-8,10,12,17,19-20,25,33H,3,6,9,11,13-16,18H2,1H3,(H,34,35)/t19-,20+,25+/m1/s1. The highest BCUT2D eigenvalue weighted by Gasteiger charge is 2.31. The van der Waals surface area contributed by atoms with Crippen molar-refractivity contribution in [3.8, 4) is 5.75 Å². The molecule has 0 radical (unpaired) electrons. The van der Waals surface area contributed by atoms with Crippen LogP contribution in [0.3, 0.4) is 0 Å². The summed E-state index contributed by atoms with van der Waals surface area (Å²) >= 11 is 1.54. The summed E-state index contributed by atoms with van der Waals surface area (Å²) in [7, 11) is 1.61. The van der Waals surface area contributed by atoms with E-state index in [0.29, 0.717) is 17.2 Å². The van der Waals surface area contributed by atoms with Gasteiger partial charge in [-0.1, -0.05) is 6.07 Å². The molecular formula is C28H34FN3O4S. The number of pyridine rings is 2. The van der Waals surface area contributed by atoms with Gasteiger partial charge in [-0.25, -0.2) is 4.98 Å². The second-order valence-corrected chi connectivity index (χ2v) is 10.7. The first-order valence-corrected chi connectivity index (χ1v) is 13.7. The van der Waals surface area contributed by atoms with E-state index in [2.05, 4.69) is 14.9 Å². The Kier molecular flexibility index (Phi) is 9.71. The summed E-state index contributed by atoms with van der Waals surface area (Å²) in [6.07, 6.45) is 4.35. The summed E-state index contributed by atoms with van der Waals surface area (Å²) in [5.74, 6) is 0.591. The first-order chi connectivity index (χ1) is 17.9. The minimum absolute atomic E-state index is 0.0465. The number of aliphatic hydroxyl groups excluding tert-OH is 1. The Morgan fingerprint density at radius 2 is 2.14 bits per heavy atom. The Labute approximate surface area is 221 Å². The molecule has 0 spiro atoms. The number of thioether (sulfide) groups is 1. The lowest BCUT2D eigenvalue weighted by molar-refractivity contribution is -0.139. The van der Waals surface area contributed by atoms with Crippen LogP contribution in [0, 0.1) is 17.8 Å². The Balaban J connectivity index is 1.31. The summed E-state index contributed by atoms with van der Waals surface area (Å²) < 4.78 is 18.6. The van der Waals surface area contributed by atoms with E-state index in [1.54, 1.807) is 19.4 Å². The number of aliphatic hydroxyl groups is 1. The second-order valence-electron chi connectivity index (χ2n) is 9.58. The van der Waals surface area contributed by atoms with Gasteiger partial charge in [0.2, 0.25) is 5.95 Å². The zero-order valence-corrected chi connectivity index (χ0v) is 21.9. The number of halogens is 1. The molecule has 3 aromatic rings. The van der Waals surface area contributed by atoms with Gasteiger partial charge in [0.1, 0.15) is 5.75 Å². The Bertz CT molecular complexity index is 1200. The van der Waals surface area contributed by atoms with Crippen molar-refractivity contribution in [1.29, 1.82) is 0 Å². The maximum absolute atomic E-state index is 13.3. The van der Waals surface area contributed by atoms with E-state index in [1.807, 2.05) is 30.3 Å². The highest BCUT2D eigenvalue weighted by Crippen LogP contribution is 2.35. The molecule has 0 bridgehead atoms. The topological polar surface area (TPSA) is 95.8 Å². The number of ether oxygens (including phenoxy) is 1. The van der Waals surface area contributed by atoms with Crippen molar-refractivity contribution in [2.45, 2.75) is 43.2 Å². The third-order valence-corrected chi connectivity index (χ3v) is 8.14. The van der Waals surface area contributed by atoms with Crippen LogP contribution in [-0.2, 0) is 4.79 Å². The summed E-state index contributed by atoms with van der Waals surface area (Å²) in [4.78, 5) is 22.2. The first-order valence-electron chi connectivity index (χ1n) is 12.7.